The molecule has 0 bridgehead atoms. The second-order valence-electron chi connectivity index (χ2n) is 4.63. The van der Waals surface area contributed by atoms with E-state index in [-0.39, 0.29) is 5.52 Å². The Hall–Kier alpha value is -0.980. The first-order valence-electron chi connectivity index (χ1n) is 6.18. The van der Waals surface area contributed by atoms with E-state index in [1.54, 1.807) is 11.5 Å². The number of halogens is 4. The Morgan fingerprint density at radius 3 is 2.81 bits per heavy atom. The minimum Gasteiger partial charge on any atom is -0.319 e. The highest BCUT2D eigenvalue weighted by atomic mass is 79.9. The van der Waals surface area contributed by atoms with E-state index in [0.717, 1.165) is 15.4 Å². The van der Waals surface area contributed by atoms with Gasteiger partial charge in [-0.2, -0.15) is 0 Å². The van der Waals surface area contributed by atoms with Crippen molar-refractivity contribution in [3.8, 4) is 0 Å². The van der Waals surface area contributed by atoms with Crippen LogP contribution < -0.4 is 0 Å². The summed E-state index contributed by atoms with van der Waals surface area (Å²) in [6.07, 6.45) is 0. The highest BCUT2D eigenvalue weighted by Crippen LogP contribution is 2.30. The van der Waals surface area contributed by atoms with Gasteiger partial charge in [0.05, 0.1) is 17.4 Å². The fourth-order valence-electron chi connectivity index (χ4n) is 2.23. The molecule has 0 saturated carbocycles. The van der Waals surface area contributed by atoms with Gasteiger partial charge in [0.2, 0.25) is 0 Å². The molecule has 2 nitrogen and oxygen atoms in total. The van der Waals surface area contributed by atoms with Gasteiger partial charge >= 0.3 is 0 Å². The second kappa shape index (κ2) is 5.66. The number of aromatic nitrogens is 2. The summed E-state index contributed by atoms with van der Waals surface area (Å²) in [5.41, 5.74) is 0.564. The van der Waals surface area contributed by atoms with Crippen LogP contribution in [0, 0.1) is 11.6 Å². The molecule has 1 unspecified atom stereocenters. The highest BCUT2D eigenvalue weighted by Gasteiger charge is 2.20. The number of hydrogen-bond acceptors (Lipinski definition) is 2. The van der Waals surface area contributed by atoms with Crippen molar-refractivity contribution >= 4 is 49.9 Å². The van der Waals surface area contributed by atoms with Crippen LogP contribution in [0.3, 0.4) is 0 Å². The van der Waals surface area contributed by atoms with Crippen LogP contribution in [0.5, 0.6) is 0 Å². The van der Waals surface area contributed by atoms with Crippen LogP contribution in [0.1, 0.15) is 23.0 Å². The average Bonchev–Trinajstić information content (AvgIpc) is 2.99. The van der Waals surface area contributed by atoms with Gasteiger partial charge in [-0.3, -0.25) is 0 Å². The van der Waals surface area contributed by atoms with Crippen molar-refractivity contribution in [2.45, 2.75) is 18.8 Å². The van der Waals surface area contributed by atoms with Crippen LogP contribution in [0.25, 0.3) is 11.0 Å². The Labute approximate surface area is 137 Å². The molecule has 3 rings (SSSR count). The lowest BCUT2D eigenvalue weighted by atomic mass is 10.3. The monoisotopic (exact) mass is 390 g/mol. The fourth-order valence-corrected chi connectivity index (χ4v) is 3.84. The van der Waals surface area contributed by atoms with Crippen LogP contribution >= 0.6 is 38.9 Å². The van der Waals surface area contributed by atoms with Crippen molar-refractivity contribution in [1.82, 2.24) is 9.55 Å². The maximum absolute atomic E-state index is 14.2. The van der Waals surface area contributed by atoms with Gasteiger partial charge in [0, 0.05) is 14.7 Å². The molecule has 0 fully saturated rings. The topological polar surface area (TPSA) is 17.8 Å². The molecule has 110 valence electrons. The Bertz CT molecular complexity index is 813. The first kappa shape index (κ1) is 14.9. The van der Waals surface area contributed by atoms with Gasteiger partial charge in [-0.1, -0.05) is 0 Å². The molecule has 0 spiro atoms. The SMILES string of the molecule is CC(Cl)c1nc2ccc(F)c(F)c2n1Cc1cc(Br)cs1. The van der Waals surface area contributed by atoms with E-state index in [4.69, 9.17) is 11.6 Å². The zero-order valence-electron chi connectivity index (χ0n) is 10.9. The zero-order chi connectivity index (χ0) is 15.1. The second-order valence-corrected chi connectivity index (χ2v) is 7.20. The van der Waals surface area contributed by atoms with E-state index < -0.39 is 17.0 Å². The molecule has 0 N–H and O–H groups in total. The number of thiophene rings is 1. The first-order valence-corrected chi connectivity index (χ1v) is 8.29. The van der Waals surface area contributed by atoms with Gasteiger partial charge in [0.15, 0.2) is 11.6 Å². The smallest absolute Gasteiger partial charge is 0.184 e. The summed E-state index contributed by atoms with van der Waals surface area (Å²) in [6, 6.07) is 4.49. The molecule has 7 heteroatoms. The molecule has 2 aromatic heterocycles. The Balaban J connectivity index is 2.22. The largest absolute Gasteiger partial charge is 0.319 e. The highest BCUT2D eigenvalue weighted by molar-refractivity contribution is 9.10. The van der Waals surface area contributed by atoms with E-state index in [2.05, 4.69) is 20.9 Å². The summed E-state index contributed by atoms with van der Waals surface area (Å²) in [6.45, 7) is 2.16. The predicted octanol–water partition coefficient (Wildman–Crippen LogP) is 5.49. The third kappa shape index (κ3) is 2.72. The number of fused-ring (bicyclic) bond motifs is 1. The lowest BCUT2D eigenvalue weighted by Gasteiger charge is -2.09. The van der Waals surface area contributed by atoms with Gasteiger partial charge in [0.1, 0.15) is 11.3 Å². The quantitative estimate of drug-likeness (QED) is 0.540. The number of imidazole rings is 1. The lowest BCUT2D eigenvalue weighted by molar-refractivity contribution is 0.512. The molecule has 1 atom stereocenters. The number of benzene rings is 1. The number of alkyl halides is 1. The summed E-state index contributed by atoms with van der Waals surface area (Å²) in [4.78, 5) is 5.34. The summed E-state index contributed by atoms with van der Waals surface area (Å²) >= 11 is 11.1. The third-order valence-electron chi connectivity index (χ3n) is 3.12. The maximum Gasteiger partial charge on any atom is 0.184 e. The predicted molar refractivity (Wildman–Crippen MR) is 85.0 cm³/mol. The van der Waals surface area contributed by atoms with Gasteiger partial charge in [-0.15, -0.1) is 22.9 Å². The Kier molecular flexibility index (Phi) is 4.03. The molecular weight excluding hydrogens is 382 g/mol. The van der Waals surface area contributed by atoms with Crippen LogP contribution in [0.4, 0.5) is 8.78 Å². The minimum atomic E-state index is -0.890. The molecule has 21 heavy (non-hydrogen) atoms. The normalized spacial score (nSPS) is 13.0. The van der Waals surface area contributed by atoms with Crippen LogP contribution in [0.15, 0.2) is 28.1 Å². The van der Waals surface area contributed by atoms with Crippen LogP contribution in [-0.2, 0) is 6.54 Å². The van der Waals surface area contributed by atoms with Gasteiger partial charge in [-0.25, -0.2) is 13.8 Å². The molecule has 0 radical (unpaired) electrons. The summed E-state index contributed by atoms with van der Waals surface area (Å²) in [7, 11) is 0. The van der Waals surface area contributed by atoms with Crippen molar-refractivity contribution in [1.29, 1.82) is 0 Å². The number of hydrogen-bond donors (Lipinski definition) is 0. The summed E-state index contributed by atoms with van der Waals surface area (Å²) < 4.78 is 30.3. The minimum absolute atomic E-state index is 0.155. The van der Waals surface area contributed by atoms with Gasteiger partial charge in [-0.05, 0) is 41.1 Å². The van der Waals surface area contributed by atoms with Crippen molar-refractivity contribution in [2.24, 2.45) is 0 Å². The van der Waals surface area contributed by atoms with E-state index in [0.29, 0.717) is 17.9 Å². The maximum atomic E-state index is 14.2. The Morgan fingerprint density at radius 1 is 1.43 bits per heavy atom. The van der Waals surface area contributed by atoms with Crippen molar-refractivity contribution in [2.75, 3.05) is 0 Å². The van der Waals surface area contributed by atoms with E-state index in [1.807, 2.05) is 11.4 Å². The van der Waals surface area contributed by atoms with Crippen molar-refractivity contribution in [3.63, 3.8) is 0 Å². The number of nitrogens with zero attached hydrogens (tertiary/aromatic N) is 2. The lowest BCUT2D eigenvalue weighted by Crippen LogP contribution is -2.06. The summed E-state index contributed by atoms with van der Waals surface area (Å²) in [5, 5.41) is 1.54. The molecule has 0 aliphatic rings. The molecule has 0 aliphatic carbocycles. The van der Waals surface area contributed by atoms with Gasteiger partial charge in [0.25, 0.3) is 0 Å². The van der Waals surface area contributed by atoms with Gasteiger partial charge < -0.3 is 4.57 Å². The molecule has 2 heterocycles. The molecule has 0 amide bonds. The molecule has 0 aliphatic heterocycles. The van der Waals surface area contributed by atoms with Crippen LogP contribution in [-0.4, -0.2) is 9.55 Å². The third-order valence-corrected chi connectivity index (χ3v) is 5.00. The Morgan fingerprint density at radius 2 is 2.19 bits per heavy atom. The molecule has 0 saturated heterocycles. The average molecular weight is 392 g/mol. The van der Waals surface area contributed by atoms with Crippen LogP contribution in [0.2, 0.25) is 0 Å². The molecule has 3 aromatic rings. The number of rotatable bonds is 3. The van der Waals surface area contributed by atoms with E-state index in [9.17, 15) is 8.78 Å². The van der Waals surface area contributed by atoms with E-state index >= 15 is 0 Å². The standard InChI is InChI=1S/C14H10BrClF2N2S/c1-7(16)14-19-11-3-2-10(17)12(18)13(11)20(14)5-9-4-8(15)6-21-9/h2-4,6-7H,5H2,1H3. The molecular formula is C14H10BrClF2N2S. The van der Waals surface area contributed by atoms with Crippen molar-refractivity contribution < 1.29 is 8.78 Å². The molecule has 1 aromatic carbocycles. The van der Waals surface area contributed by atoms with E-state index in [1.165, 1.54) is 17.4 Å². The zero-order valence-corrected chi connectivity index (χ0v) is 14.1. The van der Waals surface area contributed by atoms with Crippen molar-refractivity contribution in [3.05, 3.63) is 50.4 Å². The first-order chi connectivity index (χ1) is 9.97. The fraction of sp³-hybridized carbons (Fsp3) is 0.214. The summed E-state index contributed by atoms with van der Waals surface area (Å²) in [5.74, 6) is -1.25.